The summed E-state index contributed by atoms with van der Waals surface area (Å²) in [5.41, 5.74) is 1.76. The van der Waals surface area contributed by atoms with E-state index in [0.29, 0.717) is 13.0 Å². The van der Waals surface area contributed by atoms with Crippen LogP contribution in [0.1, 0.15) is 36.0 Å². The fourth-order valence-electron chi connectivity index (χ4n) is 4.86. The van der Waals surface area contributed by atoms with E-state index in [0.717, 1.165) is 36.6 Å². The van der Waals surface area contributed by atoms with Gasteiger partial charge < -0.3 is 14.2 Å². The van der Waals surface area contributed by atoms with Gasteiger partial charge in [0.15, 0.2) is 5.72 Å². The molecule has 3 aliphatic heterocycles. The zero-order valence-electron chi connectivity index (χ0n) is 15.3. The molecule has 0 N–H and O–H groups in total. The molecule has 0 radical (unpaired) electrons. The Labute approximate surface area is 153 Å². The molecule has 3 saturated heterocycles. The Hall–Kier alpha value is -2.18. The molecular weight excluding hydrogens is 328 g/mol. The Morgan fingerprint density at radius 1 is 1.31 bits per heavy atom. The van der Waals surface area contributed by atoms with E-state index in [4.69, 9.17) is 4.74 Å². The van der Waals surface area contributed by atoms with Gasteiger partial charge in [0, 0.05) is 39.2 Å². The highest BCUT2D eigenvalue weighted by atomic mass is 16.5. The van der Waals surface area contributed by atoms with Gasteiger partial charge in [-0.25, -0.2) is 4.98 Å². The van der Waals surface area contributed by atoms with Gasteiger partial charge in [-0.3, -0.25) is 9.69 Å². The Balaban J connectivity index is 1.40. The van der Waals surface area contributed by atoms with E-state index in [1.165, 1.54) is 0 Å². The first-order valence-electron chi connectivity index (χ1n) is 9.33. The number of benzene rings is 1. The maximum atomic E-state index is 12.7. The molecule has 0 saturated carbocycles. The van der Waals surface area contributed by atoms with Crippen molar-refractivity contribution in [1.82, 2.24) is 19.4 Å². The fraction of sp³-hybridized carbons (Fsp3) is 0.500. The minimum absolute atomic E-state index is 0.0278. The van der Waals surface area contributed by atoms with Crippen LogP contribution in [-0.4, -0.2) is 50.1 Å². The van der Waals surface area contributed by atoms with Crippen LogP contribution in [0.5, 0.6) is 0 Å². The van der Waals surface area contributed by atoms with Crippen LogP contribution in [0.3, 0.4) is 0 Å². The minimum Gasteiger partial charge on any atom is -0.344 e. The summed E-state index contributed by atoms with van der Waals surface area (Å²) in [7, 11) is 2.02. The molecule has 6 heteroatoms. The molecule has 5 rings (SSSR count). The second kappa shape index (κ2) is 5.66. The molecule has 3 aliphatic rings. The van der Waals surface area contributed by atoms with Gasteiger partial charge in [0.1, 0.15) is 11.9 Å². The van der Waals surface area contributed by atoms with Crippen molar-refractivity contribution >= 4 is 5.91 Å². The second-order valence-electron chi connectivity index (χ2n) is 7.70. The molecule has 0 aliphatic carbocycles. The van der Waals surface area contributed by atoms with E-state index in [9.17, 15) is 4.79 Å². The molecule has 26 heavy (non-hydrogen) atoms. The van der Waals surface area contributed by atoms with Crippen LogP contribution in [0.15, 0.2) is 36.5 Å². The zero-order valence-corrected chi connectivity index (χ0v) is 15.3. The predicted octanol–water partition coefficient (Wildman–Crippen LogP) is 2.00. The number of carbonyl (C=O) groups excluding carboxylic acids is 1. The lowest BCUT2D eigenvalue weighted by Gasteiger charge is -2.32. The van der Waals surface area contributed by atoms with Gasteiger partial charge >= 0.3 is 0 Å². The summed E-state index contributed by atoms with van der Waals surface area (Å²) in [6.07, 6.45) is 3.48. The smallest absolute Gasteiger partial charge is 0.226 e. The SMILES string of the molecule is Cc1nc(CN2CC[C@@]34O[C@@H](c5ccccc5)CN3C(=O)C[C@@H]24)cn1C. The van der Waals surface area contributed by atoms with Gasteiger partial charge in [-0.15, -0.1) is 0 Å². The van der Waals surface area contributed by atoms with Crippen LogP contribution in [0, 0.1) is 6.92 Å². The van der Waals surface area contributed by atoms with E-state index in [2.05, 4.69) is 28.2 Å². The van der Waals surface area contributed by atoms with E-state index in [1.54, 1.807) is 0 Å². The number of amides is 1. The van der Waals surface area contributed by atoms with Gasteiger partial charge in [-0.05, 0) is 12.5 Å². The van der Waals surface area contributed by atoms with Crippen molar-refractivity contribution in [1.29, 1.82) is 0 Å². The van der Waals surface area contributed by atoms with Crippen molar-refractivity contribution in [3.05, 3.63) is 53.6 Å². The van der Waals surface area contributed by atoms with Crippen LogP contribution in [0.2, 0.25) is 0 Å². The van der Waals surface area contributed by atoms with Crippen LogP contribution >= 0.6 is 0 Å². The summed E-state index contributed by atoms with van der Waals surface area (Å²) in [6, 6.07) is 10.4. The number of ether oxygens (including phenoxy) is 1. The molecule has 136 valence electrons. The van der Waals surface area contributed by atoms with Crippen molar-refractivity contribution in [3.8, 4) is 0 Å². The maximum absolute atomic E-state index is 12.7. The molecular formula is C20H24N4O2. The molecule has 1 aromatic carbocycles. The van der Waals surface area contributed by atoms with Crippen molar-refractivity contribution < 1.29 is 9.53 Å². The Morgan fingerprint density at radius 2 is 2.12 bits per heavy atom. The highest BCUT2D eigenvalue weighted by Crippen LogP contribution is 2.50. The Kier molecular flexibility index (Phi) is 3.49. The lowest BCUT2D eigenvalue weighted by Crippen LogP contribution is -2.47. The Bertz CT molecular complexity index is 829. The van der Waals surface area contributed by atoms with Crippen LogP contribution in [0.25, 0.3) is 0 Å². The van der Waals surface area contributed by atoms with E-state index in [-0.39, 0.29) is 18.1 Å². The van der Waals surface area contributed by atoms with Crippen molar-refractivity contribution in [2.75, 3.05) is 13.1 Å². The molecule has 1 amide bonds. The maximum Gasteiger partial charge on any atom is 0.226 e. The zero-order chi connectivity index (χ0) is 17.9. The summed E-state index contributed by atoms with van der Waals surface area (Å²) in [6.45, 7) is 4.39. The number of hydrogen-bond acceptors (Lipinski definition) is 4. The van der Waals surface area contributed by atoms with E-state index >= 15 is 0 Å². The number of aromatic nitrogens is 2. The Morgan fingerprint density at radius 3 is 2.85 bits per heavy atom. The number of likely N-dealkylation sites (tertiary alicyclic amines) is 1. The van der Waals surface area contributed by atoms with Crippen molar-refractivity contribution in [3.63, 3.8) is 0 Å². The van der Waals surface area contributed by atoms with Crippen molar-refractivity contribution in [2.45, 2.75) is 44.2 Å². The quantitative estimate of drug-likeness (QED) is 0.848. The monoisotopic (exact) mass is 352 g/mol. The molecule has 2 aromatic rings. The van der Waals surface area contributed by atoms with Gasteiger partial charge in [-0.1, -0.05) is 30.3 Å². The van der Waals surface area contributed by atoms with E-state index in [1.807, 2.05) is 41.6 Å². The third-order valence-corrected chi connectivity index (χ3v) is 6.23. The summed E-state index contributed by atoms with van der Waals surface area (Å²) < 4.78 is 8.63. The highest BCUT2D eigenvalue weighted by Gasteiger charge is 2.63. The van der Waals surface area contributed by atoms with Crippen molar-refractivity contribution in [2.24, 2.45) is 7.05 Å². The topological polar surface area (TPSA) is 50.6 Å². The number of imidazole rings is 1. The van der Waals surface area contributed by atoms with Gasteiger partial charge in [0.2, 0.25) is 5.91 Å². The first kappa shape index (κ1) is 16.0. The third kappa shape index (κ3) is 2.25. The minimum atomic E-state index is -0.457. The summed E-state index contributed by atoms with van der Waals surface area (Å²) in [5, 5.41) is 0. The number of carbonyl (C=O) groups is 1. The van der Waals surface area contributed by atoms with Crippen LogP contribution in [-0.2, 0) is 23.1 Å². The lowest BCUT2D eigenvalue weighted by atomic mass is 10.1. The molecule has 3 fully saturated rings. The molecule has 4 heterocycles. The third-order valence-electron chi connectivity index (χ3n) is 6.23. The number of hydrogen-bond donors (Lipinski definition) is 0. The number of nitrogens with zero attached hydrogens (tertiary/aromatic N) is 4. The van der Waals surface area contributed by atoms with Gasteiger partial charge in [0.05, 0.1) is 18.3 Å². The average Bonchev–Trinajstić information content (AvgIpc) is 3.33. The molecule has 1 aromatic heterocycles. The first-order valence-corrected chi connectivity index (χ1v) is 9.33. The standard InChI is InChI=1S/C20H24N4O2/c1-14-21-16(11-22(14)2)12-23-9-8-20-18(23)10-19(25)24(20)13-17(26-20)15-6-4-3-5-7-15/h3-7,11,17-18H,8-10,12-13H2,1-2H3/t17-,18-,20+/m1/s1. The lowest BCUT2D eigenvalue weighted by molar-refractivity contribution is -0.138. The number of aryl methyl sites for hydroxylation is 2. The summed E-state index contributed by atoms with van der Waals surface area (Å²) >= 11 is 0. The second-order valence-corrected chi connectivity index (χ2v) is 7.70. The first-order chi connectivity index (χ1) is 12.6. The number of rotatable bonds is 3. The predicted molar refractivity (Wildman–Crippen MR) is 96.1 cm³/mol. The average molecular weight is 352 g/mol. The van der Waals surface area contributed by atoms with E-state index < -0.39 is 5.72 Å². The highest BCUT2D eigenvalue weighted by molar-refractivity contribution is 5.81. The summed E-state index contributed by atoms with van der Waals surface area (Å²) in [4.78, 5) is 21.7. The van der Waals surface area contributed by atoms with Crippen LogP contribution < -0.4 is 0 Å². The molecule has 3 atom stereocenters. The largest absolute Gasteiger partial charge is 0.344 e. The van der Waals surface area contributed by atoms with Gasteiger partial charge in [0.25, 0.3) is 0 Å². The molecule has 0 bridgehead atoms. The fourth-order valence-corrected chi connectivity index (χ4v) is 4.86. The molecule has 0 unspecified atom stereocenters. The normalized spacial score (nSPS) is 30.8. The molecule has 1 spiro atoms. The summed E-state index contributed by atoms with van der Waals surface area (Å²) in [5.74, 6) is 1.23. The van der Waals surface area contributed by atoms with Crippen LogP contribution in [0.4, 0.5) is 0 Å². The van der Waals surface area contributed by atoms with Gasteiger partial charge in [-0.2, -0.15) is 0 Å². The molecule has 6 nitrogen and oxygen atoms in total.